The first-order chi connectivity index (χ1) is 10.2. The van der Waals surface area contributed by atoms with Crippen LogP contribution in [-0.4, -0.2) is 19.7 Å². The average molecular weight is 305 g/mol. The molecule has 3 rings (SSSR count). The quantitative estimate of drug-likeness (QED) is 0.913. The molecule has 1 aliphatic rings. The van der Waals surface area contributed by atoms with E-state index in [0.717, 1.165) is 5.69 Å². The summed E-state index contributed by atoms with van der Waals surface area (Å²) in [4.78, 5) is 12.4. The van der Waals surface area contributed by atoms with Crippen LogP contribution < -0.4 is 20.1 Å². The van der Waals surface area contributed by atoms with E-state index in [4.69, 9.17) is 21.1 Å². The standard InChI is InChI=1S/C15H13ClN2O3/c1-17-11-5-3-2-4-9(11)15(19)18-12-7-14-13(6-10(12)16)20-8-21-14/h2-7,17H,8H2,1H3,(H,18,19). The molecule has 5 nitrogen and oxygen atoms in total. The number of carbonyl (C=O) groups is 1. The highest BCUT2D eigenvalue weighted by Gasteiger charge is 2.18. The van der Waals surface area contributed by atoms with Gasteiger partial charge in [-0.1, -0.05) is 23.7 Å². The van der Waals surface area contributed by atoms with Crippen LogP contribution >= 0.6 is 11.6 Å². The molecule has 108 valence electrons. The smallest absolute Gasteiger partial charge is 0.257 e. The van der Waals surface area contributed by atoms with Gasteiger partial charge in [0.25, 0.3) is 5.91 Å². The Morgan fingerprint density at radius 1 is 1.14 bits per heavy atom. The van der Waals surface area contributed by atoms with E-state index in [0.29, 0.717) is 27.8 Å². The molecule has 2 aromatic carbocycles. The van der Waals surface area contributed by atoms with E-state index in [2.05, 4.69) is 10.6 Å². The van der Waals surface area contributed by atoms with Gasteiger partial charge in [0.05, 0.1) is 16.3 Å². The summed E-state index contributed by atoms with van der Waals surface area (Å²) in [6.07, 6.45) is 0. The van der Waals surface area contributed by atoms with Gasteiger partial charge in [-0.25, -0.2) is 0 Å². The lowest BCUT2D eigenvalue weighted by atomic mass is 10.1. The van der Waals surface area contributed by atoms with E-state index < -0.39 is 0 Å². The Balaban J connectivity index is 1.88. The van der Waals surface area contributed by atoms with Crippen LogP contribution in [0, 0.1) is 0 Å². The topological polar surface area (TPSA) is 59.6 Å². The molecular formula is C15H13ClN2O3. The van der Waals surface area contributed by atoms with Gasteiger partial charge in [-0.3, -0.25) is 4.79 Å². The van der Waals surface area contributed by atoms with Crippen molar-refractivity contribution >= 4 is 28.9 Å². The van der Waals surface area contributed by atoms with E-state index in [1.54, 1.807) is 31.3 Å². The van der Waals surface area contributed by atoms with Crippen LogP contribution in [0.5, 0.6) is 11.5 Å². The lowest BCUT2D eigenvalue weighted by molar-refractivity contribution is 0.102. The average Bonchev–Trinajstić information content (AvgIpc) is 2.94. The van der Waals surface area contributed by atoms with Crippen molar-refractivity contribution in [3.8, 4) is 11.5 Å². The number of halogens is 1. The van der Waals surface area contributed by atoms with Gasteiger partial charge in [-0.15, -0.1) is 0 Å². The first kappa shape index (κ1) is 13.6. The highest BCUT2D eigenvalue weighted by atomic mass is 35.5. The predicted molar refractivity (Wildman–Crippen MR) is 81.5 cm³/mol. The molecule has 0 radical (unpaired) electrons. The fourth-order valence-corrected chi connectivity index (χ4v) is 2.30. The fraction of sp³-hybridized carbons (Fsp3) is 0.133. The lowest BCUT2D eigenvalue weighted by Crippen LogP contribution is -2.14. The van der Waals surface area contributed by atoms with Gasteiger partial charge in [-0.05, 0) is 12.1 Å². The van der Waals surface area contributed by atoms with E-state index in [9.17, 15) is 4.79 Å². The summed E-state index contributed by atoms with van der Waals surface area (Å²) in [5.74, 6) is 0.894. The molecule has 6 heteroatoms. The minimum atomic E-state index is -0.249. The summed E-state index contributed by atoms with van der Waals surface area (Å²) in [6, 6.07) is 10.5. The molecule has 1 heterocycles. The molecule has 1 aliphatic heterocycles. The van der Waals surface area contributed by atoms with E-state index in [-0.39, 0.29) is 12.7 Å². The number of fused-ring (bicyclic) bond motifs is 1. The normalized spacial score (nSPS) is 12.1. The summed E-state index contributed by atoms with van der Waals surface area (Å²) in [5, 5.41) is 6.16. The van der Waals surface area contributed by atoms with Gasteiger partial charge in [0.1, 0.15) is 0 Å². The van der Waals surface area contributed by atoms with E-state index in [1.165, 1.54) is 0 Å². The Morgan fingerprint density at radius 3 is 2.62 bits per heavy atom. The summed E-state index contributed by atoms with van der Waals surface area (Å²) < 4.78 is 10.5. The number of ether oxygens (including phenoxy) is 2. The Hall–Kier alpha value is -2.40. The van der Waals surface area contributed by atoms with Gasteiger partial charge in [0.15, 0.2) is 11.5 Å². The monoisotopic (exact) mass is 304 g/mol. The van der Waals surface area contributed by atoms with Crippen LogP contribution in [-0.2, 0) is 0 Å². The maximum atomic E-state index is 12.4. The number of amides is 1. The van der Waals surface area contributed by atoms with Crippen LogP contribution in [0.1, 0.15) is 10.4 Å². The third-order valence-corrected chi connectivity index (χ3v) is 3.46. The van der Waals surface area contributed by atoms with Crippen molar-refractivity contribution in [1.82, 2.24) is 0 Å². The lowest BCUT2D eigenvalue weighted by Gasteiger charge is -2.11. The highest BCUT2D eigenvalue weighted by molar-refractivity contribution is 6.34. The minimum absolute atomic E-state index is 0.158. The molecule has 21 heavy (non-hydrogen) atoms. The van der Waals surface area contributed by atoms with E-state index >= 15 is 0 Å². The molecule has 0 bridgehead atoms. The van der Waals surface area contributed by atoms with Crippen LogP contribution in [0.25, 0.3) is 0 Å². The molecule has 2 N–H and O–H groups in total. The highest BCUT2D eigenvalue weighted by Crippen LogP contribution is 2.39. The van der Waals surface area contributed by atoms with Gasteiger partial charge < -0.3 is 20.1 Å². The van der Waals surface area contributed by atoms with Crippen LogP contribution in [0.15, 0.2) is 36.4 Å². The van der Waals surface area contributed by atoms with Crippen molar-refractivity contribution in [2.45, 2.75) is 0 Å². The number of carbonyl (C=O) groups excluding carboxylic acids is 1. The largest absolute Gasteiger partial charge is 0.454 e. The van der Waals surface area contributed by atoms with Crippen LogP contribution in [0.3, 0.4) is 0 Å². The Kier molecular flexibility index (Phi) is 3.58. The number of nitrogens with one attached hydrogen (secondary N) is 2. The second-order valence-electron chi connectivity index (χ2n) is 4.44. The van der Waals surface area contributed by atoms with Crippen molar-refractivity contribution in [2.75, 3.05) is 24.5 Å². The second-order valence-corrected chi connectivity index (χ2v) is 4.84. The zero-order valence-electron chi connectivity index (χ0n) is 11.3. The summed E-state index contributed by atoms with van der Waals surface area (Å²) >= 11 is 6.15. The number of rotatable bonds is 3. The predicted octanol–water partition coefficient (Wildman–Crippen LogP) is 3.36. The Labute approximate surface area is 126 Å². The maximum absolute atomic E-state index is 12.4. The van der Waals surface area contributed by atoms with Crippen molar-refractivity contribution in [3.05, 3.63) is 47.0 Å². The molecule has 2 aromatic rings. The number of hydrogen-bond donors (Lipinski definition) is 2. The number of anilines is 2. The molecule has 0 atom stereocenters. The van der Waals surface area contributed by atoms with Crippen LogP contribution in [0.4, 0.5) is 11.4 Å². The van der Waals surface area contributed by atoms with Crippen molar-refractivity contribution in [2.24, 2.45) is 0 Å². The first-order valence-corrected chi connectivity index (χ1v) is 6.74. The molecule has 0 saturated heterocycles. The third-order valence-electron chi connectivity index (χ3n) is 3.15. The molecule has 0 spiro atoms. The van der Waals surface area contributed by atoms with Gasteiger partial charge in [0, 0.05) is 24.9 Å². The molecule has 1 amide bonds. The van der Waals surface area contributed by atoms with Crippen molar-refractivity contribution in [1.29, 1.82) is 0 Å². The summed E-state index contributed by atoms with van der Waals surface area (Å²) in [7, 11) is 1.76. The fourth-order valence-electron chi connectivity index (χ4n) is 2.10. The number of benzene rings is 2. The molecule has 0 fully saturated rings. The summed E-state index contributed by atoms with van der Waals surface area (Å²) in [5.41, 5.74) is 1.76. The van der Waals surface area contributed by atoms with Crippen LogP contribution in [0.2, 0.25) is 5.02 Å². The molecule has 0 aliphatic carbocycles. The zero-order chi connectivity index (χ0) is 14.8. The Bertz CT molecular complexity index is 703. The SMILES string of the molecule is CNc1ccccc1C(=O)Nc1cc2c(cc1Cl)OCO2. The second kappa shape index (κ2) is 5.54. The number of hydrogen-bond acceptors (Lipinski definition) is 4. The first-order valence-electron chi connectivity index (χ1n) is 6.36. The zero-order valence-corrected chi connectivity index (χ0v) is 12.0. The Morgan fingerprint density at radius 2 is 1.86 bits per heavy atom. The molecule has 0 unspecified atom stereocenters. The molecular weight excluding hydrogens is 292 g/mol. The molecule has 0 aromatic heterocycles. The van der Waals surface area contributed by atoms with Gasteiger partial charge >= 0.3 is 0 Å². The van der Waals surface area contributed by atoms with Gasteiger partial charge in [0.2, 0.25) is 6.79 Å². The van der Waals surface area contributed by atoms with Crippen molar-refractivity contribution < 1.29 is 14.3 Å². The summed E-state index contributed by atoms with van der Waals surface area (Å²) in [6.45, 7) is 0.158. The van der Waals surface area contributed by atoms with Gasteiger partial charge in [-0.2, -0.15) is 0 Å². The van der Waals surface area contributed by atoms with Crippen molar-refractivity contribution in [3.63, 3.8) is 0 Å². The molecule has 0 saturated carbocycles. The van der Waals surface area contributed by atoms with E-state index in [1.807, 2.05) is 12.1 Å². The minimum Gasteiger partial charge on any atom is -0.454 e. The third kappa shape index (κ3) is 2.60. The number of para-hydroxylation sites is 1. The maximum Gasteiger partial charge on any atom is 0.257 e.